The van der Waals surface area contributed by atoms with E-state index in [-0.39, 0.29) is 0 Å². The Bertz CT molecular complexity index is 965. The van der Waals surface area contributed by atoms with Crippen LogP contribution < -0.4 is 15.4 Å². The molecule has 0 aliphatic heterocycles. The van der Waals surface area contributed by atoms with Crippen LogP contribution in [-0.2, 0) is 4.74 Å². The first kappa shape index (κ1) is 18.5. The van der Waals surface area contributed by atoms with Crippen molar-refractivity contribution in [2.24, 2.45) is 0 Å². The van der Waals surface area contributed by atoms with Gasteiger partial charge in [-0.1, -0.05) is 23.7 Å². The van der Waals surface area contributed by atoms with Crippen LogP contribution in [0.1, 0.15) is 10.4 Å². The van der Waals surface area contributed by atoms with Crippen LogP contribution in [0.15, 0.2) is 54.9 Å². The molecular formula is C19H17ClN4O3. The number of aromatic nitrogens is 2. The molecule has 27 heavy (non-hydrogen) atoms. The second-order valence-electron chi connectivity index (χ2n) is 5.42. The fraction of sp³-hybridized carbons (Fsp3) is 0.105. The van der Waals surface area contributed by atoms with Crippen LogP contribution in [0.5, 0.6) is 5.75 Å². The van der Waals surface area contributed by atoms with Gasteiger partial charge in [0.15, 0.2) is 0 Å². The van der Waals surface area contributed by atoms with Gasteiger partial charge in [-0.25, -0.2) is 14.8 Å². The molecule has 0 radical (unpaired) electrons. The Morgan fingerprint density at radius 3 is 2.37 bits per heavy atom. The lowest BCUT2D eigenvalue weighted by Gasteiger charge is -2.12. The Balaban J connectivity index is 1.83. The van der Waals surface area contributed by atoms with E-state index in [4.69, 9.17) is 21.1 Å². The van der Waals surface area contributed by atoms with E-state index in [1.807, 2.05) is 24.3 Å². The fourth-order valence-corrected chi connectivity index (χ4v) is 2.55. The van der Waals surface area contributed by atoms with E-state index in [2.05, 4.69) is 20.6 Å². The molecule has 0 bridgehead atoms. The van der Waals surface area contributed by atoms with Crippen LogP contribution in [0, 0.1) is 0 Å². The van der Waals surface area contributed by atoms with Crippen molar-refractivity contribution in [3.63, 3.8) is 0 Å². The zero-order chi connectivity index (χ0) is 19.2. The van der Waals surface area contributed by atoms with Crippen molar-refractivity contribution in [3.05, 3.63) is 65.4 Å². The summed E-state index contributed by atoms with van der Waals surface area (Å²) >= 11 is 6.21. The Morgan fingerprint density at radius 1 is 0.963 bits per heavy atom. The molecule has 0 aliphatic rings. The third-order valence-electron chi connectivity index (χ3n) is 3.69. The van der Waals surface area contributed by atoms with E-state index in [0.29, 0.717) is 33.7 Å². The number of anilines is 4. The van der Waals surface area contributed by atoms with Crippen molar-refractivity contribution >= 4 is 40.6 Å². The lowest BCUT2D eigenvalue weighted by Crippen LogP contribution is -2.03. The van der Waals surface area contributed by atoms with Crippen molar-refractivity contribution in [3.8, 4) is 5.75 Å². The van der Waals surface area contributed by atoms with Gasteiger partial charge < -0.3 is 20.1 Å². The Labute approximate surface area is 161 Å². The van der Waals surface area contributed by atoms with Gasteiger partial charge in [-0.05, 0) is 30.3 Å². The molecule has 3 aromatic rings. The largest absolute Gasteiger partial charge is 0.495 e. The summed E-state index contributed by atoms with van der Waals surface area (Å²) in [5.74, 6) is 1.32. The third kappa shape index (κ3) is 4.45. The van der Waals surface area contributed by atoms with E-state index >= 15 is 0 Å². The molecule has 0 amide bonds. The number of halogens is 1. The van der Waals surface area contributed by atoms with Crippen LogP contribution >= 0.6 is 11.6 Å². The first-order valence-corrected chi connectivity index (χ1v) is 8.35. The molecule has 138 valence electrons. The average Bonchev–Trinajstić information content (AvgIpc) is 2.70. The van der Waals surface area contributed by atoms with Crippen molar-refractivity contribution in [2.75, 3.05) is 24.9 Å². The van der Waals surface area contributed by atoms with Crippen molar-refractivity contribution in [1.29, 1.82) is 0 Å². The molecule has 2 N–H and O–H groups in total. The van der Waals surface area contributed by atoms with Gasteiger partial charge >= 0.3 is 5.97 Å². The monoisotopic (exact) mass is 384 g/mol. The summed E-state index contributed by atoms with van der Waals surface area (Å²) in [5.41, 5.74) is 1.68. The highest BCUT2D eigenvalue weighted by atomic mass is 35.5. The number of nitrogens with one attached hydrogen (secondary N) is 2. The molecule has 0 fully saturated rings. The predicted molar refractivity (Wildman–Crippen MR) is 104 cm³/mol. The summed E-state index contributed by atoms with van der Waals surface area (Å²) in [5, 5.41) is 6.71. The lowest BCUT2D eigenvalue weighted by atomic mass is 10.2. The van der Waals surface area contributed by atoms with Crippen LogP contribution in [0.25, 0.3) is 0 Å². The number of nitrogens with zero attached hydrogens (tertiary/aromatic N) is 2. The molecule has 0 atom stereocenters. The molecule has 2 aromatic carbocycles. The van der Waals surface area contributed by atoms with E-state index in [9.17, 15) is 4.79 Å². The molecular weight excluding hydrogens is 368 g/mol. The molecule has 1 heterocycles. The SMILES string of the molecule is COC(=O)c1ccc(Cl)c(Nc2cc(Nc3ccccc3OC)ncn2)c1. The van der Waals surface area contributed by atoms with E-state index in [1.165, 1.54) is 13.4 Å². The summed E-state index contributed by atoms with van der Waals surface area (Å²) in [6, 6.07) is 14.0. The second kappa shape index (κ2) is 8.37. The fourth-order valence-electron chi connectivity index (χ4n) is 2.38. The molecule has 1 aromatic heterocycles. The third-order valence-corrected chi connectivity index (χ3v) is 4.02. The van der Waals surface area contributed by atoms with E-state index < -0.39 is 5.97 Å². The molecule has 7 nitrogen and oxygen atoms in total. The summed E-state index contributed by atoms with van der Waals surface area (Å²) in [6.07, 6.45) is 1.41. The number of para-hydroxylation sites is 2. The topological polar surface area (TPSA) is 85.4 Å². The van der Waals surface area contributed by atoms with Gasteiger partial charge in [0, 0.05) is 6.07 Å². The normalized spacial score (nSPS) is 10.2. The van der Waals surface area contributed by atoms with Crippen LogP contribution in [-0.4, -0.2) is 30.2 Å². The maximum Gasteiger partial charge on any atom is 0.337 e. The van der Waals surface area contributed by atoms with Crippen LogP contribution in [0.2, 0.25) is 5.02 Å². The highest BCUT2D eigenvalue weighted by Crippen LogP contribution is 2.29. The number of ether oxygens (including phenoxy) is 2. The van der Waals surface area contributed by atoms with Crippen LogP contribution in [0.3, 0.4) is 0 Å². The first-order chi connectivity index (χ1) is 13.1. The zero-order valence-electron chi connectivity index (χ0n) is 14.7. The quantitative estimate of drug-likeness (QED) is 0.608. The second-order valence-corrected chi connectivity index (χ2v) is 5.83. The van der Waals surface area contributed by atoms with Gasteiger partial charge in [0.2, 0.25) is 0 Å². The van der Waals surface area contributed by atoms with Gasteiger partial charge in [-0.3, -0.25) is 0 Å². The summed E-state index contributed by atoms with van der Waals surface area (Å²) in [6.45, 7) is 0. The maximum absolute atomic E-state index is 11.7. The van der Waals surface area contributed by atoms with Gasteiger partial charge in [0.05, 0.1) is 36.2 Å². The van der Waals surface area contributed by atoms with Crippen LogP contribution in [0.4, 0.5) is 23.0 Å². The number of benzene rings is 2. The summed E-state index contributed by atoms with van der Waals surface area (Å²) in [7, 11) is 2.92. The van der Waals surface area contributed by atoms with Gasteiger partial charge in [0.1, 0.15) is 23.7 Å². The highest BCUT2D eigenvalue weighted by molar-refractivity contribution is 6.33. The molecule has 0 aliphatic carbocycles. The van der Waals surface area contributed by atoms with Crippen molar-refractivity contribution in [1.82, 2.24) is 9.97 Å². The standard InChI is InChI=1S/C19H17ClN4O3/c1-26-16-6-4-3-5-14(16)23-17-10-18(22-11-21-17)24-15-9-12(19(25)27-2)7-8-13(15)20/h3-11H,1-2H3,(H2,21,22,23,24). The number of esters is 1. The minimum absolute atomic E-state index is 0.380. The number of hydrogen-bond acceptors (Lipinski definition) is 7. The number of carbonyl (C=O) groups excluding carboxylic acids is 1. The molecule has 0 saturated heterocycles. The smallest absolute Gasteiger partial charge is 0.337 e. The molecule has 0 spiro atoms. The average molecular weight is 385 g/mol. The predicted octanol–water partition coefficient (Wildman–Crippen LogP) is 4.41. The van der Waals surface area contributed by atoms with E-state index in [0.717, 1.165) is 5.69 Å². The lowest BCUT2D eigenvalue weighted by molar-refractivity contribution is 0.0601. The molecule has 3 rings (SSSR count). The Morgan fingerprint density at radius 2 is 1.67 bits per heavy atom. The van der Waals surface area contributed by atoms with Crippen molar-refractivity contribution in [2.45, 2.75) is 0 Å². The number of rotatable bonds is 6. The highest BCUT2D eigenvalue weighted by Gasteiger charge is 2.10. The van der Waals surface area contributed by atoms with Crippen molar-refractivity contribution < 1.29 is 14.3 Å². The molecule has 8 heteroatoms. The summed E-state index contributed by atoms with van der Waals surface area (Å²) in [4.78, 5) is 20.1. The Hall–Kier alpha value is -3.32. The number of hydrogen-bond donors (Lipinski definition) is 2. The zero-order valence-corrected chi connectivity index (χ0v) is 15.4. The van der Waals surface area contributed by atoms with Gasteiger partial charge in [-0.2, -0.15) is 0 Å². The summed E-state index contributed by atoms with van der Waals surface area (Å²) < 4.78 is 10.1. The first-order valence-electron chi connectivity index (χ1n) is 7.97. The Kier molecular flexibility index (Phi) is 5.73. The maximum atomic E-state index is 11.7. The molecule has 0 unspecified atom stereocenters. The number of methoxy groups -OCH3 is 2. The van der Waals surface area contributed by atoms with Gasteiger partial charge in [0.25, 0.3) is 0 Å². The van der Waals surface area contributed by atoms with Gasteiger partial charge in [-0.15, -0.1) is 0 Å². The molecule has 0 saturated carbocycles. The number of carbonyl (C=O) groups is 1. The minimum atomic E-state index is -0.448. The van der Waals surface area contributed by atoms with E-state index in [1.54, 1.807) is 31.4 Å². The minimum Gasteiger partial charge on any atom is -0.495 e.